The number of hydrogen-bond donors (Lipinski definition) is 20. The van der Waals surface area contributed by atoms with Crippen molar-refractivity contribution in [2.75, 3.05) is 33.0 Å². The molecule has 6 aliphatic rings. The van der Waals surface area contributed by atoms with Crippen LogP contribution in [0.5, 0.6) is 0 Å². The number of rotatable bonds is 16. The Morgan fingerprint density at radius 2 is 0.500 bits per heavy atom. The van der Waals surface area contributed by atoms with Gasteiger partial charge in [0.2, 0.25) is 0 Å². The van der Waals surface area contributed by atoms with Crippen molar-refractivity contribution in [2.45, 2.75) is 184 Å². The molecular weight excluding hydrogens is 944 g/mol. The number of aliphatic carboxylic acids is 1. The zero-order valence-corrected chi connectivity index (χ0v) is 35.2. The van der Waals surface area contributed by atoms with Crippen LogP contribution in [0.4, 0.5) is 0 Å². The number of carboxylic acids is 1. The fourth-order valence-electron chi connectivity index (χ4n) is 7.97. The standard InChI is InChI=1S/C36H60O32/c37-11-6(63-31(57)23(49)16(11)42)1-58-32-24(50)17(43)12(38)7(64-32)2-59-33-25(51)18(44)13(39)8(65-33)3-60-34-26(52)19(45)14(40)9(66-34)4-61-35-27(53)20(46)15(41)10(67-35)5-62-36-28(54)21(47)22(48)29(68-36)30(55)56/h6-29,31-54,57H,1-5H2,(H,55,56)/t6-,7-,8-,9-,10-,11-,12-,13-,14-,15-,16?,17+,18+,19+,20?,21+,22+,23-,24-,25-,26-,27-,28-,29+,31+,32-,33-,34-,35?,36-/m1/s1. The summed E-state index contributed by atoms with van der Waals surface area (Å²) in [4.78, 5) is 11.4. The average molecular weight is 1000 g/mol. The lowest BCUT2D eigenvalue weighted by molar-refractivity contribution is -0.351. The molecule has 0 spiro atoms. The molecule has 6 rings (SSSR count). The van der Waals surface area contributed by atoms with Crippen molar-refractivity contribution in [1.82, 2.24) is 0 Å². The summed E-state index contributed by atoms with van der Waals surface area (Å²) in [5.41, 5.74) is 0. The van der Waals surface area contributed by atoms with Crippen LogP contribution in [0.15, 0.2) is 0 Å². The molecule has 3 unspecified atom stereocenters. The molecule has 0 radical (unpaired) electrons. The molecule has 6 saturated heterocycles. The van der Waals surface area contributed by atoms with Crippen molar-refractivity contribution >= 4 is 5.97 Å². The van der Waals surface area contributed by atoms with E-state index in [0.717, 1.165) is 0 Å². The van der Waals surface area contributed by atoms with Gasteiger partial charge in [0.05, 0.1) is 33.0 Å². The van der Waals surface area contributed by atoms with Gasteiger partial charge in [-0.25, -0.2) is 4.79 Å². The molecule has 20 N–H and O–H groups in total. The lowest BCUT2D eigenvalue weighted by Crippen LogP contribution is -2.63. The first kappa shape index (κ1) is 55.6. The Bertz CT molecular complexity index is 1590. The second-order valence-corrected chi connectivity index (χ2v) is 17.0. The third-order valence-corrected chi connectivity index (χ3v) is 12.3. The van der Waals surface area contributed by atoms with Gasteiger partial charge in [-0.3, -0.25) is 0 Å². The Hall–Kier alpha value is -1.73. The molecule has 6 heterocycles. The lowest BCUT2D eigenvalue weighted by Gasteiger charge is -2.44. The molecule has 30 atom stereocenters. The van der Waals surface area contributed by atoms with Crippen LogP contribution in [0.2, 0.25) is 0 Å². The summed E-state index contributed by atoms with van der Waals surface area (Å²) in [6.07, 6.45) is -56.5. The molecule has 32 heteroatoms. The first-order valence-corrected chi connectivity index (χ1v) is 21.1. The van der Waals surface area contributed by atoms with Crippen molar-refractivity contribution in [3.8, 4) is 0 Å². The van der Waals surface area contributed by atoms with Crippen molar-refractivity contribution in [1.29, 1.82) is 0 Å². The molecule has 0 aliphatic carbocycles. The number of aliphatic hydroxyl groups is 19. The summed E-state index contributed by atoms with van der Waals surface area (Å²) < 4.78 is 59.2. The van der Waals surface area contributed by atoms with Crippen molar-refractivity contribution in [3.05, 3.63) is 0 Å². The summed E-state index contributed by atoms with van der Waals surface area (Å²) in [6.45, 7) is -3.93. The first-order chi connectivity index (χ1) is 31.9. The SMILES string of the molecule is O=C(O)[C@H]1O[C@@H](OC[C@H]2OC(OC[C@H]3O[C@@H](OC[C@H]4O[C@@H](OC[C@H]5O[C@@H](OC[C@H]6O[C@H](O)[C@H](O)C(O)[C@@H]6O)[C@H](O)[C@@H](O)[C@@H]5O)[C@H](O)[C@@H](O)[C@@H]4O)[C@H](O)[C@@H](O)[C@@H]3O)[C@H](O)C(O)[C@@H]2O)[C@H](O)[C@@H](O)[C@@H]1O. The molecule has 396 valence electrons. The molecule has 0 saturated carbocycles. The van der Waals surface area contributed by atoms with Gasteiger partial charge in [-0.1, -0.05) is 0 Å². The highest BCUT2D eigenvalue weighted by molar-refractivity contribution is 5.73. The van der Waals surface area contributed by atoms with Crippen LogP contribution in [0.1, 0.15) is 0 Å². The van der Waals surface area contributed by atoms with Crippen LogP contribution >= 0.6 is 0 Å². The van der Waals surface area contributed by atoms with Gasteiger partial charge in [0, 0.05) is 0 Å². The highest BCUT2D eigenvalue weighted by Gasteiger charge is 2.53. The molecule has 68 heavy (non-hydrogen) atoms. The second kappa shape index (κ2) is 23.4. The van der Waals surface area contributed by atoms with E-state index in [2.05, 4.69) is 0 Å². The maximum Gasteiger partial charge on any atom is 0.335 e. The van der Waals surface area contributed by atoms with E-state index < -0.39 is 223 Å². The van der Waals surface area contributed by atoms with Gasteiger partial charge in [0.25, 0.3) is 0 Å². The molecule has 6 fully saturated rings. The minimum absolute atomic E-state index is 0.700. The molecular formula is C36H60O32. The van der Waals surface area contributed by atoms with Crippen molar-refractivity contribution < 1.29 is 159 Å². The van der Waals surface area contributed by atoms with Crippen molar-refractivity contribution in [3.63, 3.8) is 0 Å². The molecule has 32 nitrogen and oxygen atoms in total. The molecule has 0 aromatic heterocycles. The van der Waals surface area contributed by atoms with E-state index in [1.54, 1.807) is 0 Å². The van der Waals surface area contributed by atoms with Crippen LogP contribution in [0, 0.1) is 0 Å². The second-order valence-electron chi connectivity index (χ2n) is 17.0. The van der Waals surface area contributed by atoms with Crippen LogP contribution in [-0.4, -0.2) is 325 Å². The third-order valence-electron chi connectivity index (χ3n) is 12.3. The smallest absolute Gasteiger partial charge is 0.335 e. The Kier molecular flexibility index (Phi) is 19.2. The number of ether oxygens (including phenoxy) is 11. The minimum Gasteiger partial charge on any atom is -0.479 e. The van der Waals surface area contributed by atoms with E-state index in [9.17, 15) is 107 Å². The Morgan fingerprint density at radius 3 is 0.765 bits per heavy atom. The third kappa shape index (κ3) is 11.9. The van der Waals surface area contributed by atoms with Crippen LogP contribution in [-0.2, 0) is 56.9 Å². The Morgan fingerprint density at radius 1 is 0.279 bits per heavy atom. The summed E-state index contributed by atoms with van der Waals surface area (Å²) >= 11 is 0. The van der Waals surface area contributed by atoms with E-state index in [1.807, 2.05) is 0 Å². The van der Waals surface area contributed by atoms with E-state index in [4.69, 9.17) is 52.1 Å². The molecule has 0 aromatic rings. The molecule has 0 amide bonds. The van der Waals surface area contributed by atoms with Gasteiger partial charge < -0.3 is 154 Å². The molecule has 0 bridgehead atoms. The monoisotopic (exact) mass is 1000 g/mol. The number of hydrogen-bond acceptors (Lipinski definition) is 31. The largest absolute Gasteiger partial charge is 0.479 e. The predicted octanol–water partition coefficient (Wildman–Crippen LogP) is -14.0. The summed E-state index contributed by atoms with van der Waals surface area (Å²) in [5, 5.41) is 206. The van der Waals surface area contributed by atoms with E-state index >= 15 is 0 Å². The van der Waals surface area contributed by atoms with Gasteiger partial charge in [-0.05, 0) is 0 Å². The highest BCUT2D eigenvalue weighted by atomic mass is 16.8. The maximum absolute atomic E-state index is 11.4. The van der Waals surface area contributed by atoms with Crippen LogP contribution in [0.3, 0.4) is 0 Å². The Labute approximate surface area is 382 Å². The van der Waals surface area contributed by atoms with Gasteiger partial charge in [-0.2, -0.15) is 0 Å². The van der Waals surface area contributed by atoms with Gasteiger partial charge in [-0.15, -0.1) is 0 Å². The molecule has 6 aliphatic heterocycles. The average Bonchev–Trinajstić information content (AvgIpc) is 3.31. The predicted molar refractivity (Wildman–Crippen MR) is 200 cm³/mol. The topological polar surface area (TPSA) is 523 Å². The number of carboxylic acid groups (broad SMARTS) is 1. The first-order valence-electron chi connectivity index (χ1n) is 21.1. The zero-order chi connectivity index (χ0) is 50.2. The quantitative estimate of drug-likeness (QED) is 0.0683. The van der Waals surface area contributed by atoms with Crippen LogP contribution < -0.4 is 0 Å². The van der Waals surface area contributed by atoms with E-state index in [0.29, 0.717) is 0 Å². The highest BCUT2D eigenvalue weighted by Crippen LogP contribution is 2.31. The maximum atomic E-state index is 11.4. The fraction of sp³-hybridized carbons (Fsp3) is 0.972. The lowest BCUT2D eigenvalue weighted by atomic mass is 9.97. The summed E-state index contributed by atoms with van der Waals surface area (Å²) in [7, 11) is 0. The number of carbonyl (C=O) groups is 1. The van der Waals surface area contributed by atoms with Crippen molar-refractivity contribution in [2.24, 2.45) is 0 Å². The Balaban J connectivity index is 1.01. The van der Waals surface area contributed by atoms with Gasteiger partial charge >= 0.3 is 5.97 Å². The minimum atomic E-state index is -2.05. The zero-order valence-electron chi connectivity index (χ0n) is 35.2. The molecule has 0 aromatic carbocycles. The van der Waals surface area contributed by atoms with E-state index in [-0.39, 0.29) is 0 Å². The van der Waals surface area contributed by atoms with Gasteiger partial charge in [0.1, 0.15) is 140 Å². The number of aliphatic hydroxyl groups excluding tert-OH is 19. The summed E-state index contributed by atoms with van der Waals surface area (Å²) in [6, 6.07) is 0. The van der Waals surface area contributed by atoms with Crippen LogP contribution in [0.25, 0.3) is 0 Å². The van der Waals surface area contributed by atoms with E-state index in [1.165, 1.54) is 0 Å². The fourth-order valence-corrected chi connectivity index (χ4v) is 7.97. The normalized spacial score (nSPS) is 52.7. The summed E-state index contributed by atoms with van der Waals surface area (Å²) in [5.74, 6) is -1.71. The van der Waals surface area contributed by atoms with Gasteiger partial charge in [0.15, 0.2) is 43.8 Å².